The predicted molar refractivity (Wildman–Crippen MR) is 79.5 cm³/mol. The molecule has 116 valence electrons. The molecule has 0 spiro atoms. The first-order valence-electron chi connectivity index (χ1n) is 6.82. The van der Waals surface area contributed by atoms with Crippen LogP contribution >= 0.6 is 11.8 Å². The van der Waals surface area contributed by atoms with Gasteiger partial charge in [0, 0.05) is 23.5 Å². The molecule has 1 aromatic rings. The molecule has 2 N–H and O–H groups in total. The number of nitrogens with one attached hydrogen (secondary N) is 1. The SMILES string of the molecule is CC(C)(C)c1nc(C(=O)N2CCSCC2CC(=O)O)n[nH]1. The van der Waals surface area contributed by atoms with E-state index in [0.717, 1.165) is 5.75 Å². The van der Waals surface area contributed by atoms with Crippen molar-refractivity contribution in [1.82, 2.24) is 20.1 Å². The number of amides is 1. The zero-order valence-corrected chi connectivity index (χ0v) is 13.2. The van der Waals surface area contributed by atoms with Crippen molar-refractivity contribution in [2.75, 3.05) is 18.1 Å². The van der Waals surface area contributed by atoms with E-state index in [2.05, 4.69) is 15.2 Å². The van der Waals surface area contributed by atoms with E-state index in [1.54, 1.807) is 16.7 Å². The van der Waals surface area contributed by atoms with E-state index in [1.165, 1.54) is 0 Å². The van der Waals surface area contributed by atoms with Crippen molar-refractivity contribution in [3.05, 3.63) is 11.6 Å². The van der Waals surface area contributed by atoms with Gasteiger partial charge in [0.05, 0.1) is 12.5 Å². The van der Waals surface area contributed by atoms with Crippen molar-refractivity contribution < 1.29 is 14.7 Å². The molecule has 0 saturated carbocycles. The van der Waals surface area contributed by atoms with Crippen LogP contribution in [0.15, 0.2) is 0 Å². The van der Waals surface area contributed by atoms with Crippen LogP contribution < -0.4 is 0 Å². The van der Waals surface area contributed by atoms with Gasteiger partial charge in [0.2, 0.25) is 5.82 Å². The van der Waals surface area contributed by atoms with Gasteiger partial charge < -0.3 is 10.0 Å². The Kier molecular flexibility index (Phi) is 4.55. The fourth-order valence-electron chi connectivity index (χ4n) is 2.11. The lowest BCUT2D eigenvalue weighted by molar-refractivity contribution is -0.138. The number of carbonyl (C=O) groups is 2. The number of aromatic amines is 1. The Bertz CT molecular complexity index is 538. The van der Waals surface area contributed by atoms with Crippen LogP contribution in [-0.2, 0) is 10.2 Å². The van der Waals surface area contributed by atoms with Gasteiger partial charge in [-0.1, -0.05) is 20.8 Å². The molecule has 1 aliphatic heterocycles. The number of carbonyl (C=O) groups excluding carboxylic acids is 1. The van der Waals surface area contributed by atoms with Crippen molar-refractivity contribution in [1.29, 1.82) is 0 Å². The summed E-state index contributed by atoms with van der Waals surface area (Å²) in [6, 6.07) is -0.301. The molecule has 7 nitrogen and oxygen atoms in total. The van der Waals surface area contributed by atoms with Gasteiger partial charge in [-0.15, -0.1) is 5.10 Å². The minimum Gasteiger partial charge on any atom is -0.481 e. The van der Waals surface area contributed by atoms with Crippen LogP contribution in [0.25, 0.3) is 0 Å². The van der Waals surface area contributed by atoms with Crippen molar-refractivity contribution in [3.63, 3.8) is 0 Å². The number of hydrogen-bond donors (Lipinski definition) is 2. The molecule has 1 amide bonds. The Balaban J connectivity index is 2.17. The van der Waals surface area contributed by atoms with Crippen LogP contribution in [0.2, 0.25) is 0 Å². The topological polar surface area (TPSA) is 99.2 Å². The van der Waals surface area contributed by atoms with Crippen molar-refractivity contribution >= 4 is 23.6 Å². The highest BCUT2D eigenvalue weighted by Gasteiger charge is 2.32. The summed E-state index contributed by atoms with van der Waals surface area (Å²) in [5, 5.41) is 15.7. The van der Waals surface area contributed by atoms with Crippen LogP contribution in [0, 0.1) is 0 Å². The van der Waals surface area contributed by atoms with Gasteiger partial charge in [0.1, 0.15) is 5.82 Å². The molecular formula is C13H20N4O3S. The van der Waals surface area contributed by atoms with E-state index < -0.39 is 5.97 Å². The quantitative estimate of drug-likeness (QED) is 0.868. The van der Waals surface area contributed by atoms with Crippen molar-refractivity contribution in [2.24, 2.45) is 0 Å². The van der Waals surface area contributed by atoms with Crippen LogP contribution in [-0.4, -0.2) is 61.2 Å². The number of nitrogens with zero attached hydrogens (tertiary/aromatic N) is 3. The van der Waals surface area contributed by atoms with Crippen molar-refractivity contribution in [3.8, 4) is 0 Å². The summed E-state index contributed by atoms with van der Waals surface area (Å²) in [5.74, 6) is 1.00. The standard InChI is InChI=1S/C13H20N4O3S/c1-13(2,3)12-14-10(15-16-12)11(20)17-4-5-21-7-8(17)6-9(18)19/h8H,4-7H2,1-3H3,(H,18,19)(H,14,15,16). The number of carboxylic acids is 1. The van der Waals surface area contributed by atoms with Crippen LogP contribution in [0.3, 0.4) is 0 Å². The first-order chi connectivity index (χ1) is 9.79. The molecule has 0 bridgehead atoms. The first-order valence-corrected chi connectivity index (χ1v) is 7.98. The lowest BCUT2D eigenvalue weighted by Gasteiger charge is -2.33. The predicted octanol–water partition coefficient (Wildman–Crippen LogP) is 1.13. The Morgan fingerprint density at radius 1 is 1.48 bits per heavy atom. The molecular weight excluding hydrogens is 292 g/mol. The lowest BCUT2D eigenvalue weighted by atomic mass is 9.96. The summed E-state index contributed by atoms with van der Waals surface area (Å²) >= 11 is 1.66. The summed E-state index contributed by atoms with van der Waals surface area (Å²) < 4.78 is 0. The maximum atomic E-state index is 12.5. The average molecular weight is 312 g/mol. The van der Waals surface area contributed by atoms with E-state index >= 15 is 0 Å². The third-order valence-electron chi connectivity index (χ3n) is 3.29. The first kappa shape index (κ1) is 15.8. The molecule has 8 heteroatoms. The van der Waals surface area contributed by atoms with Crippen LogP contribution in [0.5, 0.6) is 0 Å². The number of aliphatic carboxylic acids is 1. The molecule has 1 fully saturated rings. The molecule has 21 heavy (non-hydrogen) atoms. The van der Waals surface area contributed by atoms with E-state index in [1.807, 2.05) is 20.8 Å². The minimum atomic E-state index is -0.898. The maximum absolute atomic E-state index is 12.5. The second-order valence-corrected chi connectivity index (χ2v) is 7.23. The van der Waals surface area contributed by atoms with E-state index in [4.69, 9.17) is 5.11 Å². The van der Waals surface area contributed by atoms with E-state index in [9.17, 15) is 9.59 Å². The largest absolute Gasteiger partial charge is 0.481 e. The fraction of sp³-hybridized carbons (Fsp3) is 0.692. The van der Waals surface area contributed by atoms with Gasteiger partial charge in [0.15, 0.2) is 0 Å². The Labute approximate surface area is 127 Å². The van der Waals surface area contributed by atoms with Gasteiger partial charge in [-0.05, 0) is 0 Å². The summed E-state index contributed by atoms with van der Waals surface area (Å²) in [4.78, 5) is 29.3. The van der Waals surface area contributed by atoms with Gasteiger partial charge in [-0.2, -0.15) is 11.8 Å². The molecule has 0 aliphatic carbocycles. The number of hydrogen-bond acceptors (Lipinski definition) is 5. The Hall–Kier alpha value is -1.57. The highest BCUT2D eigenvalue weighted by atomic mass is 32.2. The maximum Gasteiger partial charge on any atom is 0.305 e. The van der Waals surface area contributed by atoms with Gasteiger partial charge in [-0.25, -0.2) is 4.98 Å². The lowest BCUT2D eigenvalue weighted by Crippen LogP contribution is -2.47. The van der Waals surface area contributed by atoms with Gasteiger partial charge >= 0.3 is 5.97 Å². The zero-order chi connectivity index (χ0) is 15.6. The summed E-state index contributed by atoms with van der Waals surface area (Å²) in [6.45, 7) is 6.46. The average Bonchev–Trinajstić information content (AvgIpc) is 2.87. The highest BCUT2D eigenvalue weighted by molar-refractivity contribution is 7.99. The van der Waals surface area contributed by atoms with E-state index in [-0.39, 0.29) is 29.6 Å². The summed E-state index contributed by atoms with van der Waals surface area (Å²) in [5.41, 5.74) is -0.219. The monoisotopic (exact) mass is 312 g/mol. The normalized spacial score (nSPS) is 19.6. The molecule has 1 atom stereocenters. The van der Waals surface area contributed by atoms with Crippen LogP contribution in [0.4, 0.5) is 0 Å². The minimum absolute atomic E-state index is 0.0463. The van der Waals surface area contributed by atoms with Crippen molar-refractivity contribution in [2.45, 2.75) is 38.6 Å². The number of rotatable bonds is 3. The number of aromatic nitrogens is 3. The number of H-pyrrole nitrogens is 1. The second kappa shape index (κ2) is 6.05. The molecule has 2 heterocycles. The third-order valence-corrected chi connectivity index (χ3v) is 4.38. The molecule has 1 aromatic heterocycles. The molecule has 1 unspecified atom stereocenters. The summed E-state index contributed by atoms with van der Waals surface area (Å²) in [7, 11) is 0. The molecule has 2 rings (SSSR count). The second-order valence-electron chi connectivity index (χ2n) is 6.08. The van der Waals surface area contributed by atoms with Crippen LogP contribution in [0.1, 0.15) is 43.6 Å². The molecule has 1 saturated heterocycles. The van der Waals surface area contributed by atoms with Gasteiger partial charge in [0.25, 0.3) is 5.91 Å². The highest BCUT2D eigenvalue weighted by Crippen LogP contribution is 2.22. The smallest absolute Gasteiger partial charge is 0.305 e. The summed E-state index contributed by atoms with van der Waals surface area (Å²) in [6.07, 6.45) is -0.0463. The Morgan fingerprint density at radius 3 is 2.76 bits per heavy atom. The molecule has 0 radical (unpaired) electrons. The third kappa shape index (κ3) is 3.75. The number of thioether (sulfide) groups is 1. The van der Waals surface area contributed by atoms with Gasteiger partial charge in [-0.3, -0.25) is 14.7 Å². The number of carboxylic acid groups (broad SMARTS) is 1. The fourth-order valence-corrected chi connectivity index (χ4v) is 3.18. The van der Waals surface area contributed by atoms with E-state index in [0.29, 0.717) is 18.1 Å². The molecule has 0 aromatic carbocycles. The zero-order valence-electron chi connectivity index (χ0n) is 12.4. The Morgan fingerprint density at radius 2 is 2.19 bits per heavy atom. The molecule has 1 aliphatic rings.